The number of aromatic nitrogens is 1. The van der Waals surface area contributed by atoms with E-state index < -0.39 is 16.8 Å². The molecule has 0 amide bonds. The molecule has 1 aliphatic heterocycles. The van der Waals surface area contributed by atoms with E-state index in [9.17, 15) is 19.7 Å². The zero-order chi connectivity index (χ0) is 20.3. The lowest BCUT2D eigenvalue weighted by Gasteiger charge is -2.29. The maximum atomic E-state index is 12.8. The Morgan fingerprint density at radius 2 is 2.14 bits per heavy atom. The van der Waals surface area contributed by atoms with Crippen LogP contribution in [0.3, 0.4) is 0 Å². The van der Waals surface area contributed by atoms with Crippen molar-refractivity contribution in [2.45, 2.75) is 12.8 Å². The van der Waals surface area contributed by atoms with Crippen LogP contribution in [0, 0.1) is 10.1 Å². The summed E-state index contributed by atoms with van der Waals surface area (Å²) in [5, 5.41) is 14.3. The molecule has 28 heavy (non-hydrogen) atoms. The fourth-order valence-electron chi connectivity index (χ4n) is 3.23. The average Bonchev–Trinajstić information content (AvgIpc) is 2.67. The van der Waals surface area contributed by atoms with Crippen molar-refractivity contribution in [1.82, 2.24) is 4.98 Å². The van der Waals surface area contributed by atoms with Crippen molar-refractivity contribution < 1.29 is 14.5 Å². The maximum absolute atomic E-state index is 12.8. The largest absolute Gasteiger partial charge is 0.461 e. The molecule has 1 aromatic carbocycles. The molecule has 0 fully saturated rings. The van der Waals surface area contributed by atoms with Gasteiger partial charge in [-0.15, -0.1) is 0 Å². The number of benzene rings is 1. The minimum Gasteiger partial charge on any atom is -0.461 e. The number of fused-ring (bicyclic) bond motifs is 1. The number of nitrogens with zero attached hydrogens (tertiary/aromatic N) is 1. The summed E-state index contributed by atoms with van der Waals surface area (Å²) >= 11 is 1.55. The van der Waals surface area contributed by atoms with Gasteiger partial charge in [0.25, 0.3) is 11.2 Å². The van der Waals surface area contributed by atoms with Gasteiger partial charge < -0.3 is 15.0 Å². The third-order valence-electron chi connectivity index (χ3n) is 4.46. The lowest BCUT2D eigenvalue weighted by Crippen LogP contribution is -2.30. The third-order valence-corrected chi connectivity index (χ3v) is 5.03. The molecule has 0 radical (unpaired) electrons. The quantitative estimate of drug-likeness (QED) is 0.331. The molecule has 3 rings (SSSR count). The van der Waals surface area contributed by atoms with Gasteiger partial charge in [-0.3, -0.25) is 14.9 Å². The van der Waals surface area contributed by atoms with E-state index in [1.165, 1.54) is 24.4 Å². The van der Waals surface area contributed by atoms with E-state index >= 15 is 0 Å². The number of aromatic amines is 1. The summed E-state index contributed by atoms with van der Waals surface area (Å²) in [5.74, 6) is -0.684. The number of H-pyrrole nitrogens is 1. The Hall–Kier alpha value is -3.07. The summed E-state index contributed by atoms with van der Waals surface area (Å²) in [6.07, 6.45) is 3.41. The molecule has 0 saturated carbocycles. The van der Waals surface area contributed by atoms with Crippen molar-refractivity contribution in [2.75, 3.05) is 23.9 Å². The molecule has 1 aromatic heterocycles. The number of hydrogen-bond donors (Lipinski definition) is 2. The van der Waals surface area contributed by atoms with Gasteiger partial charge in [0, 0.05) is 35.5 Å². The second kappa shape index (κ2) is 8.30. The molecule has 9 heteroatoms. The molecule has 2 N–H and O–H groups in total. The Kier molecular flexibility index (Phi) is 5.84. The molecule has 0 aliphatic carbocycles. The van der Waals surface area contributed by atoms with Gasteiger partial charge in [0.2, 0.25) is 0 Å². The van der Waals surface area contributed by atoms with Crippen LogP contribution < -0.4 is 10.9 Å². The van der Waals surface area contributed by atoms with Crippen LogP contribution in [0.5, 0.6) is 0 Å². The van der Waals surface area contributed by atoms with Gasteiger partial charge in [0.1, 0.15) is 6.61 Å². The van der Waals surface area contributed by atoms with Gasteiger partial charge in [-0.05, 0) is 24.8 Å². The molecule has 1 unspecified atom stereocenters. The highest BCUT2D eigenvalue weighted by Gasteiger charge is 2.35. The van der Waals surface area contributed by atoms with Crippen LogP contribution in [0.4, 0.5) is 11.4 Å². The summed E-state index contributed by atoms with van der Waals surface area (Å²) in [5.41, 5.74) is 1.68. The summed E-state index contributed by atoms with van der Waals surface area (Å²) in [4.78, 5) is 38.8. The molecular formula is C19H19N3O5S. The maximum Gasteiger partial charge on any atom is 0.336 e. The first-order valence-corrected chi connectivity index (χ1v) is 9.93. The second-order valence-electron chi connectivity index (χ2n) is 6.21. The molecular weight excluding hydrogens is 382 g/mol. The highest BCUT2D eigenvalue weighted by molar-refractivity contribution is 7.98. The van der Waals surface area contributed by atoms with Crippen molar-refractivity contribution >= 4 is 29.1 Å². The van der Waals surface area contributed by atoms with Crippen LogP contribution in [0.15, 0.2) is 52.6 Å². The zero-order valence-electron chi connectivity index (χ0n) is 15.4. The second-order valence-corrected chi connectivity index (χ2v) is 7.20. The SMILES string of the molecule is CSCCOC(=O)C1=C(C)Nc2cc[nH]c(=O)c2C1c1cccc([N+](=O)[O-])c1. The molecule has 1 aliphatic rings. The summed E-state index contributed by atoms with van der Waals surface area (Å²) in [6.45, 7) is 1.95. The summed E-state index contributed by atoms with van der Waals surface area (Å²) in [7, 11) is 0. The van der Waals surface area contributed by atoms with E-state index in [-0.39, 0.29) is 23.4 Å². The molecule has 146 valence electrons. The molecule has 2 heterocycles. The van der Waals surface area contributed by atoms with Crippen molar-refractivity contribution in [3.8, 4) is 0 Å². The number of anilines is 1. The van der Waals surface area contributed by atoms with Crippen molar-refractivity contribution in [3.05, 3.63) is 79.4 Å². The van der Waals surface area contributed by atoms with Crippen molar-refractivity contribution in [3.63, 3.8) is 0 Å². The van der Waals surface area contributed by atoms with Gasteiger partial charge in [-0.1, -0.05) is 12.1 Å². The third kappa shape index (κ3) is 3.79. The Labute approximate surface area is 165 Å². The van der Waals surface area contributed by atoms with Crippen LogP contribution in [0.2, 0.25) is 0 Å². The van der Waals surface area contributed by atoms with Gasteiger partial charge in [-0.25, -0.2) is 4.79 Å². The molecule has 0 spiro atoms. The first-order chi connectivity index (χ1) is 13.4. The predicted octanol–water partition coefficient (Wildman–Crippen LogP) is 3.02. The van der Waals surface area contributed by atoms with E-state index in [1.54, 1.807) is 30.8 Å². The Bertz CT molecular complexity index is 1010. The number of hydrogen-bond acceptors (Lipinski definition) is 7. The van der Waals surface area contributed by atoms with Crippen molar-refractivity contribution in [1.29, 1.82) is 0 Å². The van der Waals surface area contributed by atoms with E-state index in [4.69, 9.17) is 4.74 Å². The molecule has 0 bridgehead atoms. The van der Waals surface area contributed by atoms with Crippen LogP contribution in [-0.2, 0) is 9.53 Å². The smallest absolute Gasteiger partial charge is 0.336 e. The summed E-state index contributed by atoms with van der Waals surface area (Å²) in [6, 6.07) is 7.66. The molecule has 2 aromatic rings. The monoisotopic (exact) mass is 401 g/mol. The van der Waals surface area contributed by atoms with E-state index in [1.807, 2.05) is 6.26 Å². The normalized spacial score (nSPS) is 15.6. The van der Waals surface area contributed by atoms with Crippen LogP contribution in [0.25, 0.3) is 0 Å². The highest BCUT2D eigenvalue weighted by atomic mass is 32.2. The fourth-order valence-corrected chi connectivity index (χ4v) is 3.48. The first kappa shape index (κ1) is 19.7. The minimum atomic E-state index is -0.775. The number of carbonyl (C=O) groups excluding carboxylic acids is 1. The van der Waals surface area contributed by atoms with E-state index in [0.29, 0.717) is 28.3 Å². The highest BCUT2D eigenvalue weighted by Crippen LogP contribution is 2.40. The van der Waals surface area contributed by atoms with Gasteiger partial charge in [0.15, 0.2) is 0 Å². The van der Waals surface area contributed by atoms with Crippen LogP contribution in [0.1, 0.15) is 24.0 Å². The molecule has 0 saturated heterocycles. The minimum absolute atomic E-state index is 0.113. The number of allylic oxidation sites excluding steroid dienone is 1. The molecule has 1 atom stereocenters. The number of nitrogens with one attached hydrogen (secondary N) is 2. The van der Waals surface area contributed by atoms with E-state index in [2.05, 4.69) is 10.3 Å². The zero-order valence-corrected chi connectivity index (χ0v) is 16.2. The summed E-state index contributed by atoms with van der Waals surface area (Å²) < 4.78 is 5.37. The van der Waals surface area contributed by atoms with Crippen LogP contribution in [-0.4, -0.2) is 34.5 Å². The lowest BCUT2D eigenvalue weighted by molar-refractivity contribution is -0.384. The lowest BCUT2D eigenvalue weighted by atomic mass is 9.81. The first-order valence-electron chi connectivity index (χ1n) is 8.53. The average molecular weight is 401 g/mol. The fraction of sp³-hybridized carbons (Fsp3) is 0.263. The van der Waals surface area contributed by atoms with Crippen molar-refractivity contribution in [2.24, 2.45) is 0 Å². The van der Waals surface area contributed by atoms with Gasteiger partial charge in [-0.2, -0.15) is 11.8 Å². The standard InChI is InChI=1S/C19H19N3O5S/c1-11-15(19(24)27-8-9-28-2)16(12-4-3-5-13(10-12)22(25)26)17-14(21-11)6-7-20-18(17)23/h3-7,10,16,21H,8-9H2,1-2H3,(H,20,23). The number of thioether (sulfide) groups is 1. The number of carbonyl (C=O) groups is 1. The van der Waals surface area contributed by atoms with Crippen LogP contribution >= 0.6 is 11.8 Å². The number of esters is 1. The topological polar surface area (TPSA) is 114 Å². The van der Waals surface area contributed by atoms with E-state index in [0.717, 1.165) is 0 Å². The Morgan fingerprint density at radius 1 is 1.36 bits per heavy atom. The number of nitro groups is 1. The van der Waals surface area contributed by atoms with Gasteiger partial charge in [0.05, 0.1) is 22.0 Å². The molecule has 8 nitrogen and oxygen atoms in total. The predicted molar refractivity (Wildman–Crippen MR) is 108 cm³/mol. The Balaban J connectivity index is 2.15. The number of ether oxygens (including phenoxy) is 1. The number of rotatable bonds is 6. The number of non-ortho nitro benzene ring substituents is 1. The Morgan fingerprint density at radius 3 is 2.86 bits per heavy atom. The van der Waals surface area contributed by atoms with Gasteiger partial charge >= 0.3 is 5.97 Å². The number of pyridine rings is 1. The number of nitro benzene ring substituents is 1.